The molecule has 2 rings (SSSR count). The van der Waals surface area contributed by atoms with E-state index in [1.54, 1.807) is 13.8 Å². The van der Waals surface area contributed by atoms with Crippen LogP contribution in [0.5, 0.6) is 0 Å². The molecule has 0 saturated carbocycles. The van der Waals surface area contributed by atoms with Gasteiger partial charge in [0.05, 0.1) is 5.69 Å². The van der Waals surface area contributed by atoms with E-state index in [4.69, 9.17) is 0 Å². The Bertz CT molecular complexity index is 482. The van der Waals surface area contributed by atoms with Gasteiger partial charge in [-0.05, 0) is 52.4 Å². The van der Waals surface area contributed by atoms with E-state index in [1.165, 1.54) is 0 Å². The fourth-order valence-electron chi connectivity index (χ4n) is 2.32. The summed E-state index contributed by atoms with van der Waals surface area (Å²) in [7, 11) is 2.09. The molecule has 0 aromatic carbocycles. The van der Waals surface area contributed by atoms with E-state index >= 15 is 0 Å². The molecule has 1 aliphatic heterocycles. The summed E-state index contributed by atoms with van der Waals surface area (Å²) in [5.41, 5.74) is 1.58. The number of hydrogen-bond acceptors (Lipinski definition) is 5. The van der Waals surface area contributed by atoms with Gasteiger partial charge in [0.2, 0.25) is 0 Å². The molecule has 1 fully saturated rings. The average molecular weight is 264 g/mol. The van der Waals surface area contributed by atoms with Crippen molar-refractivity contribution in [3.05, 3.63) is 16.8 Å². The number of piperidine rings is 1. The van der Waals surface area contributed by atoms with Crippen molar-refractivity contribution in [1.82, 2.24) is 15.1 Å². The first-order valence-electron chi connectivity index (χ1n) is 6.51. The van der Waals surface area contributed by atoms with Crippen LogP contribution < -0.4 is 5.32 Å². The number of nitrogens with zero attached hydrogens (tertiary/aromatic N) is 3. The van der Waals surface area contributed by atoms with Crippen LogP contribution in [0.3, 0.4) is 0 Å². The summed E-state index contributed by atoms with van der Waals surface area (Å²) >= 11 is 0. The smallest absolute Gasteiger partial charge is 0.339 e. The lowest BCUT2D eigenvalue weighted by Crippen LogP contribution is -2.37. The first-order chi connectivity index (χ1) is 8.99. The summed E-state index contributed by atoms with van der Waals surface area (Å²) in [5.74, 6) is -0.559. The summed E-state index contributed by atoms with van der Waals surface area (Å²) < 4.78 is 0. The van der Waals surface area contributed by atoms with Gasteiger partial charge < -0.3 is 15.3 Å². The van der Waals surface area contributed by atoms with Gasteiger partial charge in [0.1, 0.15) is 5.56 Å². The zero-order chi connectivity index (χ0) is 14.0. The lowest BCUT2D eigenvalue weighted by atomic mass is 10.0. The summed E-state index contributed by atoms with van der Waals surface area (Å²) in [4.78, 5) is 13.6. The highest BCUT2D eigenvalue weighted by Crippen LogP contribution is 2.21. The third kappa shape index (κ3) is 3.01. The van der Waals surface area contributed by atoms with Crippen LogP contribution in [-0.2, 0) is 0 Å². The molecule has 0 spiro atoms. The lowest BCUT2D eigenvalue weighted by molar-refractivity contribution is 0.0696. The maximum Gasteiger partial charge on any atom is 0.339 e. The molecule has 1 aromatic rings. The molecule has 0 bridgehead atoms. The molecule has 0 aliphatic carbocycles. The van der Waals surface area contributed by atoms with Crippen molar-refractivity contribution >= 4 is 11.8 Å². The Hall–Kier alpha value is -1.69. The topological polar surface area (TPSA) is 78.4 Å². The van der Waals surface area contributed by atoms with Crippen molar-refractivity contribution in [3.8, 4) is 0 Å². The average Bonchev–Trinajstić information content (AvgIpc) is 2.36. The van der Waals surface area contributed by atoms with E-state index in [1.807, 2.05) is 0 Å². The second-order valence-electron chi connectivity index (χ2n) is 5.16. The number of carboxylic acids is 1. The number of carbonyl (C=O) groups is 1. The second kappa shape index (κ2) is 5.52. The largest absolute Gasteiger partial charge is 0.478 e. The van der Waals surface area contributed by atoms with Gasteiger partial charge in [-0.1, -0.05) is 0 Å². The summed E-state index contributed by atoms with van der Waals surface area (Å²) in [6, 6.07) is 0.269. The normalized spacial score (nSPS) is 17.4. The Labute approximate surface area is 112 Å². The first-order valence-corrected chi connectivity index (χ1v) is 6.51. The number of nitrogens with one attached hydrogen (secondary N) is 1. The van der Waals surface area contributed by atoms with Gasteiger partial charge in [-0.3, -0.25) is 0 Å². The molecule has 6 nitrogen and oxygen atoms in total. The number of hydrogen-bond donors (Lipinski definition) is 2. The van der Waals surface area contributed by atoms with Gasteiger partial charge in [0.15, 0.2) is 5.82 Å². The van der Waals surface area contributed by atoms with Crippen LogP contribution in [0.1, 0.15) is 34.5 Å². The van der Waals surface area contributed by atoms with E-state index < -0.39 is 5.97 Å². The Morgan fingerprint density at radius 3 is 2.53 bits per heavy atom. The minimum absolute atomic E-state index is 0.242. The minimum Gasteiger partial charge on any atom is -0.478 e. The highest BCUT2D eigenvalue weighted by atomic mass is 16.4. The minimum atomic E-state index is -0.953. The maximum absolute atomic E-state index is 11.4. The number of aromatic nitrogens is 2. The predicted octanol–water partition coefficient (Wildman–Crippen LogP) is 1.30. The van der Waals surface area contributed by atoms with Crippen molar-refractivity contribution in [3.63, 3.8) is 0 Å². The molecule has 1 saturated heterocycles. The number of rotatable bonds is 3. The molecule has 0 unspecified atom stereocenters. The van der Waals surface area contributed by atoms with Crippen LogP contribution in [0.15, 0.2) is 0 Å². The monoisotopic (exact) mass is 264 g/mol. The van der Waals surface area contributed by atoms with Crippen molar-refractivity contribution in [2.24, 2.45) is 0 Å². The van der Waals surface area contributed by atoms with Crippen LogP contribution in [0.25, 0.3) is 0 Å². The number of aryl methyl sites for hydroxylation is 1. The van der Waals surface area contributed by atoms with E-state index in [0.717, 1.165) is 25.9 Å². The highest BCUT2D eigenvalue weighted by Gasteiger charge is 2.22. The maximum atomic E-state index is 11.4. The molecule has 2 N–H and O–H groups in total. The zero-order valence-electron chi connectivity index (χ0n) is 11.6. The quantitative estimate of drug-likeness (QED) is 0.856. The Balaban J connectivity index is 2.20. The second-order valence-corrected chi connectivity index (χ2v) is 5.16. The number of carboxylic acid groups (broad SMARTS) is 1. The lowest BCUT2D eigenvalue weighted by Gasteiger charge is -2.30. The molecule has 19 heavy (non-hydrogen) atoms. The van der Waals surface area contributed by atoms with Crippen LogP contribution in [-0.4, -0.2) is 52.4 Å². The fourth-order valence-corrected chi connectivity index (χ4v) is 2.32. The van der Waals surface area contributed by atoms with E-state index in [-0.39, 0.29) is 11.6 Å². The van der Waals surface area contributed by atoms with Gasteiger partial charge in [-0.25, -0.2) is 4.79 Å². The third-order valence-electron chi connectivity index (χ3n) is 3.73. The fraction of sp³-hybridized carbons (Fsp3) is 0.615. The van der Waals surface area contributed by atoms with Gasteiger partial charge in [0.25, 0.3) is 0 Å². The van der Waals surface area contributed by atoms with Gasteiger partial charge in [-0.15, -0.1) is 5.10 Å². The van der Waals surface area contributed by atoms with E-state index in [2.05, 4.69) is 27.5 Å². The van der Waals surface area contributed by atoms with Crippen molar-refractivity contribution in [2.75, 3.05) is 25.5 Å². The Morgan fingerprint density at radius 1 is 1.32 bits per heavy atom. The number of likely N-dealkylation sites (tertiary alicyclic amines) is 1. The van der Waals surface area contributed by atoms with Crippen molar-refractivity contribution in [2.45, 2.75) is 32.7 Å². The van der Waals surface area contributed by atoms with Crippen LogP contribution in [0, 0.1) is 13.8 Å². The highest BCUT2D eigenvalue weighted by molar-refractivity contribution is 5.94. The molecule has 1 aliphatic rings. The van der Waals surface area contributed by atoms with Gasteiger partial charge in [-0.2, -0.15) is 5.10 Å². The molecular weight excluding hydrogens is 244 g/mol. The summed E-state index contributed by atoms with van der Waals surface area (Å²) in [6.07, 6.45) is 1.98. The van der Waals surface area contributed by atoms with E-state index in [9.17, 15) is 9.90 Å². The summed E-state index contributed by atoms with van der Waals surface area (Å²) in [5, 5.41) is 20.6. The molecule has 1 aromatic heterocycles. The molecular formula is C13H20N4O2. The van der Waals surface area contributed by atoms with E-state index in [0.29, 0.717) is 17.1 Å². The molecule has 0 radical (unpaired) electrons. The summed E-state index contributed by atoms with van der Waals surface area (Å²) in [6.45, 7) is 5.57. The van der Waals surface area contributed by atoms with Crippen molar-refractivity contribution < 1.29 is 9.90 Å². The number of anilines is 1. The van der Waals surface area contributed by atoms with Crippen molar-refractivity contribution in [1.29, 1.82) is 0 Å². The van der Waals surface area contributed by atoms with Crippen LogP contribution in [0.4, 0.5) is 5.82 Å². The predicted molar refractivity (Wildman–Crippen MR) is 72.6 cm³/mol. The molecule has 0 amide bonds. The zero-order valence-corrected chi connectivity index (χ0v) is 11.6. The standard InChI is InChI=1S/C13H20N4O2/c1-8-9(2)15-16-12(11(8)13(18)19)14-10-4-6-17(3)7-5-10/h10H,4-7H2,1-3H3,(H,14,16)(H,18,19). The van der Waals surface area contributed by atoms with Crippen LogP contribution >= 0.6 is 0 Å². The SMILES string of the molecule is Cc1nnc(NC2CCN(C)CC2)c(C(=O)O)c1C. The molecule has 2 heterocycles. The first kappa shape index (κ1) is 13.7. The van der Waals surface area contributed by atoms with Crippen LogP contribution in [0.2, 0.25) is 0 Å². The Kier molecular flexibility index (Phi) is 3.99. The third-order valence-corrected chi connectivity index (χ3v) is 3.73. The van der Waals surface area contributed by atoms with Gasteiger partial charge in [0, 0.05) is 6.04 Å². The molecule has 0 atom stereocenters. The molecule has 104 valence electrons. The molecule has 6 heteroatoms. The van der Waals surface area contributed by atoms with Gasteiger partial charge >= 0.3 is 5.97 Å². The number of aromatic carboxylic acids is 1. The Morgan fingerprint density at radius 2 is 1.95 bits per heavy atom.